The van der Waals surface area contributed by atoms with Crippen molar-refractivity contribution in [3.05, 3.63) is 70.4 Å². The van der Waals surface area contributed by atoms with Crippen molar-refractivity contribution in [1.29, 1.82) is 0 Å². The van der Waals surface area contributed by atoms with Gasteiger partial charge in [0.05, 0.1) is 11.3 Å². The second kappa shape index (κ2) is 8.85. The highest BCUT2D eigenvalue weighted by molar-refractivity contribution is 6.45. The Morgan fingerprint density at radius 2 is 1.48 bits per heavy atom. The van der Waals surface area contributed by atoms with Gasteiger partial charge in [-0.05, 0) is 47.9 Å². The fourth-order valence-corrected chi connectivity index (χ4v) is 4.34. The first kappa shape index (κ1) is 21.6. The number of halogens is 1. The minimum atomic E-state index is -0.280. The van der Waals surface area contributed by atoms with Gasteiger partial charge in [-0.1, -0.05) is 56.6 Å². The quantitative estimate of drug-likeness (QED) is 0.651. The molecule has 2 aromatic rings. The molecule has 4 rings (SSSR count). The molecule has 0 spiro atoms. The Hall–Kier alpha value is -2.63. The number of carbonyl (C=O) groups excluding carboxylic acids is 2. The SMILES string of the molecule is CCN1CCN(C2=C(c3ccc(Cl)cc3)C(=O)N(c3ccc(C(C)C)cc3)C2=O)CC1. The molecule has 31 heavy (non-hydrogen) atoms. The number of hydrogen-bond donors (Lipinski definition) is 0. The molecule has 6 heteroatoms. The number of benzene rings is 2. The number of likely N-dealkylation sites (N-methyl/N-ethyl adjacent to an activating group) is 1. The van der Waals surface area contributed by atoms with Gasteiger partial charge < -0.3 is 9.80 Å². The first-order chi connectivity index (χ1) is 14.9. The van der Waals surface area contributed by atoms with Crippen LogP contribution in [0.3, 0.4) is 0 Å². The van der Waals surface area contributed by atoms with Crippen molar-refractivity contribution in [1.82, 2.24) is 9.80 Å². The van der Waals surface area contributed by atoms with Gasteiger partial charge in [0.15, 0.2) is 0 Å². The Kier molecular flexibility index (Phi) is 6.17. The van der Waals surface area contributed by atoms with E-state index >= 15 is 0 Å². The van der Waals surface area contributed by atoms with E-state index in [0.29, 0.717) is 27.9 Å². The van der Waals surface area contributed by atoms with E-state index in [9.17, 15) is 9.59 Å². The normalized spacial score (nSPS) is 18.0. The lowest BCUT2D eigenvalue weighted by atomic mass is 10.0. The van der Waals surface area contributed by atoms with E-state index in [1.54, 1.807) is 12.1 Å². The zero-order chi connectivity index (χ0) is 22.1. The Labute approximate surface area is 188 Å². The average Bonchev–Trinajstić information content (AvgIpc) is 3.04. The molecule has 0 aromatic heterocycles. The standard InChI is InChI=1S/C25H28ClN3O2/c1-4-27-13-15-28(16-14-27)23-22(19-5-9-20(26)10-6-19)24(30)29(25(23)31)21-11-7-18(8-12-21)17(2)3/h5-12,17H,4,13-16H2,1-3H3. The highest BCUT2D eigenvalue weighted by atomic mass is 35.5. The summed E-state index contributed by atoms with van der Waals surface area (Å²) >= 11 is 6.07. The summed E-state index contributed by atoms with van der Waals surface area (Å²) in [6.07, 6.45) is 0. The number of carbonyl (C=O) groups is 2. The maximum absolute atomic E-state index is 13.6. The predicted octanol–water partition coefficient (Wildman–Crippen LogP) is 4.39. The summed E-state index contributed by atoms with van der Waals surface area (Å²) in [6, 6.07) is 14.8. The van der Waals surface area contributed by atoms with Crippen molar-refractivity contribution >= 4 is 34.7 Å². The first-order valence-electron chi connectivity index (χ1n) is 10.9. The molecule has 5 nitrogen and oxygen atoms in total. The first-order valence-corrected chi connectivity index (χ1v) is 11.2. The highest BCUT2D eigenvalue weighted by Gasteiger charge is 2.43. The summed E-state index contributed by atoms with van der Waals surface area (Å²) in [5.74, 6) is -0.151. The zero-order valence-corrected chi connectivity index (χ0v) is 19.0. The molecular weight excluding hydrogens is 410 g/mol. The molecule has 1 saturated heterocycles. The van der Waals surface area contributed by atoms with Crippen LogP contribution < -0.4 is 4.90 Å². The molecular formula is C25H28ClN3O2. The Morgan fingerprint density at radius 1 is 0.871 bits per heavy atom. The number of rotatable bonds is 5. The van der Waals surface area contributed by atoms with E-state index in [0.717, 1.165) is 38.3 Å². The van der Waals surface area contributed by atoms with Crippen molar-refractivity contribution in [2.24, 2.45) is 0 Å². The van der Waals surface area contributed by atoms with E-state index < -0.39 is 0 Å². The van der Waals surface area contributed by atoms with Crippen molar-refractivity contribution in [2.75, 3.05) is 37.6 Å². The van der Waals surface area contributed by atoms with Gasteiger partial charge >= 0.3 is 0 Å². The van der Waals surface area contributed by atoms with E-state index in [1.165, 1.54) is 10.5 Å². The monoisotopic (exact) mass is 437 g/mol. The van der Waals surface area contributed by atoms with Crippen molar-refractivity contribution in [2.45, 2.75) is 26.7 Å². The number of hydrogen-bond acceptors (Lipinski definition) is 4. The van der Waals surface area contributed by atoms with Gasteiger partial charge in [-0.2, -0.15) is 0 Å². The van der Waals surface area contributed by atoms with Crippen LogP contribution in [0, 0.1) is 0 Å². The van der Waals surface area contributed by atoms with Crippen LogP contribution in [0.15, 0.2) is 54.2 Å². The van der Waals surface area contributed by atoms with Crippen molar-refractivity contribution in [3.63, 3.8) is 0 Å². The van der Waals surface area contributed by atoms with Crippen LogP contribution in [-0.2, 0) is 9.59 Å². The summed E-state index contributed by atoms with van der Waals surface area (Å²) in [7, 11) is 0. The van der Waals surface area contributed by atoms with Crippen molar-refractivity contribution < 1.29 is 9.59 Å². The second-order valence-corrected chi connectivity index (χ2v) is 8.78. The molecule has 162 valence electrons. The van der Waals surface area contributed by atoms with E-state index in [1.807, 2.05) is 36.4 Å². The number of piperazine rings is 1. The summed E-state index contributed by atoms with van der Waals surface area (Å²) < 4.78 is 0. The number of nitrogens with zero attached hydrogens (tertiary/aromatic N) is 3. The third-order valence-corrected chi connectivity index (χ3v) is 6.40. The minimum absolute atomic E-state index is 0.253. The second-order valence-electron chi connectivity index (χ2n) is 8.34. The minimum Gasteiger partial charge on any atom is -0.364 e. The molecule has 0 bridgehead atoms. The third-order valence-electron chi connectivity index (χ3n) is 6.15. The molecule has 2 heterocycles. The summed E-state index contributed by atoms with van der Waals surface area (Å²) in [5, 5.41) is 0.598. The number of amides is 2. The van der Waals surface area contributed by atoms with E-state index in [4.69, 9.17) is 11.6 Å². The maximum atomic E-state index is 13.6. The average molecular weight is 438 g/mol. The van der Waals surface area contributed by atoms with Crippen LogP contribution in [0.25, 0.3) is 5.57 Å². The van der Waals surface area contributed by atoms with Crippen LogP contribution in [0.2, 0.25) is 5.02 Å². The van der Waals surface area contributed by atoms with Crippen LogP contribution in [0.4, 0.5) is 5.69 Å². The van der Waals surface area contributed by atoms with E-state index in [-0.39, 0.29) is 11.8 Å². The molecule has 2 aromatic carbocycles. The predicted molar refractivity (Wildman–Crippen MR) is 125 cm³/mol. The third kappa shape index (κ3) is 4.12. The molecule has 1 fully saturated rings. The number of imide groups is 1. The summed E-state index contributed by atoms with van der Waals surface area (Å²) in [5.41, 5.74) is 3.45. The summed E-state index contributed by atoms with van der Waals surface area (Å²) in [4.78, 5) is 32.9. The van der Waals surface area contributed by atoms with Crippen molar-refractivity contribution in [3.8, 4) is 0 Å². The molecule has 2 aliphatic heterocycles. The van der Waals surface area contributed by atoms with Gasteiger partial charge in [0.25, 0.3) is 11.8 Å². The van der Waals surface area contributed by atoms with E-state index in [2.05, 4.69) is 30.6 Å². The van der Waals surface area contributed by atoms with Crippen LogP contribution in [0.5, 0.6) is 0 Å². The van der Waals surface area contributed by atoms with Crippen LogP contribution >= 0.6 is 11.6 Å². The topological polar surface area (TPSA) is 43.9 Å². The molecule has 2 amide bonds. The van der Waals surface area contributed by atoms with Crippen LogP contribution in [0.1, 0.15) is 37.8 Å². The van der Waals surface area contributed by atoms with Gasteiger partial charge in [-0.15, -0.1) is 0 Å². The molecule has 0 N–H and O–H groups in total. The fourth-order valence-electron chi connectivity index (χ4n) is 4.22. The van der Waals surface area contributed by atoms with Crippen LogP contribution in [-0.4, -0.2) is 54.3 Å². The molecule has 0 radical (unpaired) electrons. The molecule has 0 saturated carbocycles. The van der Waals surface area contributed by atoms with Gasteiger partial charge in [-0.3, -0.25) is 9.59 Å². The lowest BCUT2D eigenvalue weighted by Crippen LogP contribution is -2.47. The fraction of sp³-hybridized carbons (Fsp3) is 0.360. The highest BCUT2D eigenvalue weighted by Crippen LogP contribution is 2.36. The van der Waals surface area contributed by atoms with Gasteiger partial charge in [0, 0.05) is 31.2 Å². The maximum Gasteiger partial charge on any atom is 0.282 e. The van der Waals surface area contributed by atoms with Gasteiger partial charge in [0.1, 0.15) is 5.70 Å². The zero-order valence-electron chi connectivity index (χ0n) is 18.3. The van der Waals surface area contributed by atoms with Gasteiger partial charge in [-0.25, -0.2) is 4.90 Å². The summed E-state index contributed by atoms with van der Waals surface area (Å²) in [6.45, 7) is 10.6. The molecule has 0 aliphatic carbocycles. The molecule has 2 aliphatic rings. The van der Waals surface area contributed by atoms with Gasteiger partial charge in [0.2, 0.25) is 0 Å². The number of anilines is 1. The smallest absolute Gasteiger partial charge is 0.282 e. The largest absolute Gasteiger partial charge is 0.364 e. The Balaban J connectivity index is 1.74. The lowest BCUT2D eigenvalue weighted by molar-refractivity contribution is -0.120. The Morgan fingerprint density at radius 3 is 2.03 bits per heavy atom. The Bertz CT molecular complexity index is 1000. The molecule has 0 atom stereocenters. The lowest BCUT2D eigenvalue weighted by Gasteiger charge is -2.36. The molecule has 0 unspecified atom stereocenters.